The summed E-state index contributed by atoms with van der Waals surface area (Å²) in [7, 11) is 6.84. The van der Waals surface area contributed by atoms with Crippen molar-refractivity contribution in [2.45, 2.75) is 11.5 Å². The molecule has 0 heterocycles. The zero-order valence-corrected chi connectivity index (χ0v) is 10.2. The molecule has 0 N–H and O–H groups in total. The van der Waals surface area contributed by atoms with E-state index in [1.807, 2.05) is 54.6 Å². The molecule has 0 aliphatic carbocycles. The van der Waals surface area contributed by atoms with Crippen LogP contribution in [0.4, 0.5) is 0 Å². The molecule has 0 saturated heterocycles. The molecule has 0 aliphatic rings. The van der Waals surface area contributed by atoms with Crippen molar-refractivity contribution in [2.24, 2.45) is 0 Å². The summed E-state index contributed by atoms with van der Waals surface area (Å²) in [5, 5.41) is 0. The van der Waals surface area contributed by atoms with Gasteiger partial charge in [-0.1, -0.05) is 30.3 Å². The van der Waals surface area contributed by atoms with Crippen LogP contribution in [0.3, 0.4) is 0 Å². The maximum absolute atomic E-state index is 5.64. The van der Waals surface area contributed by atoms with Gasteiger partial charge >= 0.3 is 0 Å². The van der Waals surface area contributed by atoms with Crippen LogP contribution in [0.2, 0.25) is 0 Å². The maximum Gasteiger partial charge on any atom is 0.119 e. The summed E-state index contributed by atoms with van der Waals surface area (Å²) < 4.78 is 5.64. The lowest BCUT2D eigenvalue weighted by atomic mass is 10.2. The van der Waals surface area contributed by atoms with E-state index in [0.717, 1.165) is 10.6 Å². The molecule has 2 rings (SSSR count). The fraction of sp³-hybridized carbons (Fsp3) is 0.0769. The summed E-state index contributed by atoms with van der Waals surface area (Å²) in [6.45, 7) is 0.591. The molecule has 1 nitrogen and oxygen atoms in total. The van der Waals surface area contributed by atoms with E-state index >= 15 is 0 Å². The molecule has 0 spiro atoms. The van der Waals surface area contributed by atoms with Gasteiger partial charge in [-0.25, -0.2) is 0 Å². The summed E-state index contributed by atoms with van der Waals surface area (Å²) in [6.07, 6.45) is 0. The molecular weight excluding hydrogens is 240 g/mol. The Morgan fingerprint density at radius 1 is 0.938 bits per heavy atom. The van der Waals surface area contributed by atoms with E-state index < -0.39 is 0 Å². The second-order valence-electron chi connectivity index (χ2n) is 3.32. The van der Waals surface area contributed by atoms with Gasteiger partial charge in [-0.05, 0) is 51.5 Å². The smallest absolute Gasteiger partial charge is 0.119 e. The Morgan fingerprint density at radius 2 is 1.62 bits per heavy atom. The Hall–Kier alpha value is -1.12. The summed E-state index contributed by atoms with van der Waals surface area (Å²) in [4.78, 5) is 1.02. The van der Waals surface area contributed by atoms with Gasteiger partial charge in [0.2, 0.25) is 0 Å². The first-order valence-electron chi connectivity index (χ1n) is 4.94. The van der Waals surface area contributed by atoms with Crippen LogP contribution in [0.15, 0.2) is 59.5 Å². The van der Waals surface area contributed by atoms with Gasteiger partial charge in [0.15, 0.2) is 0 Å². The van der Waals surface area contributed by atoms with Gasteiger partial charge in [-0.15, -0.1) is 0 Å². The standard InChI is InChI=1S/C13H11ClOS/c14-16-13-8-6-12(7-9-13)15-10-11-4-2-1-3-5-11/h1-9H,10H2. The Balaban J connectivity index is 1.94. The lowest BCUT2D eigenvalue weighted by Gasteiger charge is -2.06. The number of hydrogen-bond donors (Lipinski definition) is 0. The minimum Gasteiger partial charge on any atom is -0.489 e. The van der Waals surface area contributed by atoms with Crippen LogP contribution in [-0.2, 0) is 6.61 Å². The van der Waals surface area contributed by atoms with Crippen LogP contribution in [0.25, 0.3) is 0 Å². The number of hydrogen-bond acceptors (Lipinski definition) is 2. The molecule has 0 aliphatic heterocycles. The molecular formula is C13H11ClOS. The predicted molar refractivity (Wildman–Crippen MR) is 68.9 cm³/mol. The summed E-state index contributed by atoms with van der Waals surface area (Å²) in [5.41, 5.74) is 1.17. The van der Waals surface area contributed by atoms with Gasteiger partial charge in [0.25, 0.3) is 0 Å². The van der Waals surface area contributed by atoms with E-state index in [0.29, 0.717) is 6.61 Å². The molecule has 0 bridgehead atoms. The average Bonchev–Trinajstić information content (AvgIpc) is 2.38. The fourth-order valence-electron chi connectivity index (χ4n) is 1.33. The van der Waals surface area contributed by atoms with Crippen molar-refractivity contribution < 1.29 is 4.74 Å². The molecule has 0 fully saturated rings. The highest BCUT2D eigenvalue weighted by Crippen LogP contribution is 2.24. The molecule has 0 radical (unpaired) electrons. The Bertz CT molecular complexity index is 427. The average molecular weight is 251 g/mol. The predicted octanol–water partition coefficient (Wildman–Crippen LogP) is 4.51. The van der Waals surface area contributed by atoms with Crippen molar-refractivity contribution in [1.82, 2.24) is 0 Å². The van der Waals surface area contributed by atoms with Gasteiger partial charge in [0, 0.05) is 4.90 Å². The summed E-state index contributed by atoms with van der Waals surface area (Å²) in [6, 6.07) is 17.8. The Morgan fingerprint density at radius 3 is 2.25 bits per heavy atom. The molecule has 0 saturated carbocycles. The molecule has 0 atom stereocenters. The van der Waals surface area contributed by atoms with E-state index in [1.54, 1.807) is 0 Å². The number of ether oxygens (including phenoxy) is 1. The van der Waals surface area contributed by atoms with Gasteiger partial charge in [-0.2, -0.15) is 0 Å². The van der Waals surface area contributed by atoms with Crippen molar-refractivity contribution >= 4 is 21.7 Å². The number of halogens is 1. The molecule has 3 heteroatoms. The minimum atomic E-state index is 0.591. The number of benzene rings is 2. The van der Waals surface area contributed by atoms with Crippen molar-refractivity contribution in [2.75, 3.05) is 0 Å². The van der Waals surface area contributed by atoms with Crippen molar-refractivity contribution in [3.05, 3.63) is 60.2 Å². The number of rotatable bonds is 4. The van der Waals surface area contributed by atoms with Crippen molar-refractivity contribution in [3.8, 4) is 5.75 Å². The van der Waals surface area contributed by atoms with Crippen LogP contribution in [0, 0.1) is 0 Å². The molecule has 0 amide bonds. The zero-order chi connectivity index (χ0) is 11.2. The highest BCUT2D eigenvalue weighted by Gasteiger charge is 1.96. The highest BCUT2D eigenvalue weighted by atomic mass is 35.7. The van der Waals surface area contributed by atoms with E-state index in [-0.39, 0.29) is 0 Å². The van der Waals surface area contributed by atoms with Gasteiger partial charge in [-0.3, -0.25) is 0 Å². The first-order valence-corrected chi connectivity index (χ1v) is 6.58. The molecule has 2 aromatic carbocycles. The van der Waals surface area contributed by atoms with Gasteiger partial charge in [0.1, 0.15) is 12.4 Å². The largest absolute Gasteiger partial charge is 0.489 e. The van der Waals surface area contributed by atoms with Crippen LogP contribution >= 0.6 is 21.7 Å². The zero-order valence-electron chi connectivity index (χ0n) is 8.60. The maximum atomic E-state index is 5.64. The third kappa shape index (κ3) is 3.19. The molecule has 2 aromatic rings. The molecule has 0 aromatic heterocycles. The first-order chi connectivity index (χ1) is 7.88. The van der Waals surface area contributed by atoms with Crippen molar-refractivity contribution in [1.29, 1.82) is 0 Å². The highest BCUT2D eigenvalue weighted by molar-refractivity contribution is 8.21. The molecule has 16 heavy (non-hydrogen) atoms. The third-order valence-corrected chi connectivity index (χ3v) is 3.15. The Labute approximate surface area is 104 Å². The SMILES string of the molecule is ClSc1ccc(OCc2ccccc2)cc1. The van der Waals surface area contributed by atoms with Crippen molar-refractivity contribution in [3.63, 3.8) is 0 Å². The third-order valence-electron chi connectivity index (χ3n) is 2.16. The van der Waals surface area contributed by atoms with Gasteiger partial charge < -0.3 is 4.74 Å². The second-order valence-corrected chi connectivity index (χ2v) is 4.41. The first kappa shape index (κ1) is 11.4. The summed E-state index contributed by atoms with van der Waals surface area (Å²) >= 11 is 0. The topological polar surface area (TPSA) is 9.23 Å². The van der Waals surface area contributed by atoms with Gasteiger partial charge in [0.05, 0.1) is 0 Å². The van der Waals surface area contributed by atoms with E-state index in [9.17, 15) is 0 Å². The fourth-order valence-corrected chi connectivity index (χ4v) is 1.88. The van der Waals surface area contributed by atoms with E-state index in [4.69, 9.17) is 15.4 Å². The molecule has 0 unspecified atom stereocenters. The van der Waals surface area contributed by atoms with Crippen LogP contribution in [-0.4, -0.2) is 0 Å². The minimum absolute atomic E-state index is 0.591. The Kier molecular flexibility index (Phi) is 4.14. The van der Waals surface area contributed by atoms with Crippen LogP contribution < -0.4 is 4.74 Å². The van der Waals surface area contributed by atoms with Crippen LogP contribution in [0.1, 0.15) is 5.56 Å². The monoisotopic (exact) mass is 250 g/mol. The lowest BCUT2D eigenvalue weighted by molar-refractivity contribution is 0.306. The summed E-state index contributed by atoms with van der Waals surface area (Å²) in [5.74, 6) is 0.860. The van der Waals surface area contributed by atoms with E-state index in [1.165, 1.54) is 16.5 Å². The second kappa shape index (κ2) is 5.83. The van der Waals surface area contributed by atoms with Crippen LogP contribution in [0.5, 0.6) is 5.75 Å². The molecule has 82 valence electrons. The normalized spacial score (nSPS) is 10.1. The lowest BCUT2D eigenvalue weighted by Crippen LogP contribution is -1.94. The quantitative estimate of drug-likeness (QED) is 0.790. The van der Waals surface area contributed by atoms with E-state index in [2.05, 4.69) is 0 Å².